The highest BCUT2D eigenvalue weighted by Gasteiger charge is 2.12. The van der Waals surface area contributed by atoms with Gasteiger partial charge in [-0.3, -0.25) is 0 Å². The number of anilines is 1. The summed E-state index contributed by atoms with van der Waals surface area (Å²) < 4.78 is 0. The van der Waals surface area contributed by atoms with Crippen molar-refractivity contribution < 1.29 is 0 Å². The standard InChI is InChI=1S/C13H20N2.2ClH/c1-10-3-4-13(11(2)9-10)15-12-5-7-14-8-6-12;;/h3-4,9,12,14-15H,5-8H2,1-2H3;2*1H. The van der Waals surface area contributed by atoms with Crippen molar-refractivity contribution >= 4 is 30.5 Å². The van der Waals surface area contributed by atoms with Gasteiger partial charge >= 0.3 is 0 Å². The van der Waals surface area contributed by atoms with E-state index in [1.807, 2.05) is 0 Å². The Hall–Kier alpha value is -0.440. The first-order valence-corrected chi connectivity index (χ1v) is 5.80. The minimum Gasteiger partial charge on any atom is -0.382 e. The second kappa shape index (κ2) is 7.80. The fourth-order valence-electron chi connectivity index (χ4n) is 2.16. The van der Waals surface area contributed by atoms with E-state index in [0.29, 0.717) is 6.04 Å². The summed E-state index contributed by atoms with van der Waals surface area (Å²) in [6.07, 6.45) is 2.46. The molecule has 0 radical (unpaired) electrons. The number of piperidine rings is 1. The fourth-order valence-corrected chi connectivity index (χ4v) is 2.16. The van der Waals surface area contributed by atoms with Gasteiger partial charge in [-0.25, -0.2) is 0 Å². The SMILES string of the molecule is Cc1ccc(NC2CCNCC2)c(C)c1.Cl.Cl. The molecule has 0 unspecified atom stereocenters. The van der Waals surface area contributed by atoms with Gasteiger partial charge in [0.05, 0.1) is 0 Å². The van der Waals surface area contributed by atoms with Crippen LogP contribution < -0.4 is 10.6 Å². The van der Waals surface area contributed by atoms with Gasteiger partial charge in [0.25, 0.3) is 0 Å². The van der Waals surface area contributed by atoms with Gasteiger partial charge in [-0.05, 0) is 51.4 Å². The number of hydrogen-bond acceptors (Lipinski definition) is 2. The molecule has 2 nitrogen and oxygen atoms in total. The number of halogens is 2. The Morgan fingerprint density at radius 1 is 1.12 bits per heavy atom. The van der Waals surface area contributed by atoms with Crippen molar-refractivity contribution in [1.82, 2.24) is 5.32 Å². The second-order valence-corrected chi connectivity index (χ2v) is 4.49. The number of aryl methyl sites for hydroxylation is 2. The van der Waals surface area contributed by atoms with Crippen LogP contribution in [-0.4, -0.2) is 19.1 Å². The smallest absolute Gasteiger partial charge is 0.0372 e. The summed E-state index contributed by atoms with van der Waals surface area (Å²) in [5, 5.41) is 7.02. The summed E-state index contributed by atoms with van der Waals surface area (Å²) in [6, 6.07) is 7.26. The number of hydrogen-bond donors (Lipinski definition) is 2. The van der Waals surface area contributed by atoms with Gasteiger partial charge < -0.3 is 10.6 Å². The van der Waals surface area contributed by atoms with Crippen LogP contribution in [-0.2, 0) is 0 Å². The van der Waals surface area contributed by atoms with Gasteiger partial charge in [0.2, 0.25) is 0 Å². The van der Waals surface area contributed by atoms with Gasteiger partial charge in [0, 0.05) is 11.7 Å². The Labute approximate surface area is 116 Å². The third-order valence-corrected chi connectivity index (χ3v) is 3.08. The Kier molecular flexibility index (Phi) is 7.60. The molecule has 1 aliphatic rings. The molecule has 1 fully saturated rings. The van der Waals surface area contributed by atoms with Crippen molar-refractivity contribution in [2.45, 2.75) is 32.7 Å². The summed E-state index contributed by atoms with van der Waals surface area (Å²) in [5.41, 5.74) is 3.99. The molecule has 17 heavy (non-hydrogen) atoms. The lowest BCUT2D eigenvalue weighted by atomic mass is 10.0. The van der Waals surface area contributed by atoms with Crippen LogP contribution in [0.2, 0.25) is 0 Å². The average molecular weight is 277 g/mol. The molecule has 4 heteroatoms. The van der Waals surface area contributed by atoms with Crippen LogP contribution in [0.4, 0.5) is 5.69 Å². The molecule has 0 aliphatic carbocycles. The largest absolute Gasteiger partial charge is 0.382 e. The number of rotatable bonds is 2. The van der Waals surface area contributed by atoms with Crippen LogP contribution in [0.15, 0.2) is 18.2 Å². The van der Waals surface area contributed by atoms with Gasteiger partial charge in [0.15, 0.2) is 0 Å². The molecule has 0 bridgehead atoms. The van der Waals surface area contributed by atoms with Crippen molar-refractivity contribution in [1.29, 1.82) is 0 Å². The zero-order valence-corrected chi connectivity index (χ0v) is 12.1. The van der Waals surface area contributed by atoms with Gasteiger partial charge in [-0.1, -0.05) is 17.7 Å². The van der Waals surface area contributed by atoms with Crippen molar-refractivity contribution in [3.8, 4) is 0 Å². The van der Waals surface area contributed by atoms with E-state index in [1.54, 1.807) is 0 Å². The molecular formula is C13H22Cl2N2. The molecule has 1 aromatic carbocycles. The number of nitrogens with one attached hydrogen (secondary N) is 2. The Balaban J connectivity index is 0.00000128. The van der Waals surface area contributed by atoms with Crippen molar-refractivity contribution in [3.05, 3.63) is 29.3 Å². The summed E-state index contributed by atoms with van der Waals surface area (Å²) >= 11 is 0. The van der Waals surface area contributed by atoms with Crippen molar-refractivity contribution in [2.75, 3.05) is 18.4 Å². The minimum atomic E-state index is 0. The third kappa shape index (κ3) is 4.74. The first-order chi connectivity index (χ1) is 7.25. The first kappa shape index (κ1) is 16.6. The lowest BCUT2D eigenvalue weighted by Crippen LogP contribution is -2.35. The molecule has 2 rings (SSSR count). The molecule has 0 amide bonds. The number of benzene rings is 1. The molecule has 1 heterocycles. The Bertz CT molecular complexity index is 336. The highest BCUT2D eigenvalue weighted by Crippen LogP contribution is 2.19. The lowest BCUT2D eigenvalue weighted by molar-refractivity contribution is 0.479. The molecule has 2 N–H and O–H groups in total. The summed E-state index contributed by atoms with van der Waals surface area (Å²) in [6.45, 7) is 6.60. The molecule has 1 aliphatic heterocycles. The summed E-state index contributed by atoms with van der Waals surface area (Å²) in [4.78, 5) is 0. The maximum atomic E-state index is 3.64. The van der Waals surface area contributed by atoms with Crippen LogP contribution in [0.25, 0.3) is 0 Å². The fraction of sp³-hybridized carbons (Fsp3) is 0.538. The van der Waals surface area contributed by atoms with Crippen molar-refractivity contribution in [3.63, 3.8) is 0 Å². The Morgan fingerprint density at radius 3 is 2.35 bits per heavy atom. The van der Waals surface area contributed by atoms with E-state index < -0.39 is 0 Å². The van der Waals surface area contributed by atoms with E-state index in [4.69, 9.17) is 0 Å². The highest BCUT2D eigenvalue weighted by atomic mass is 35.5. The molecule has 1 saturated heterocycles. The average Bonchev–Trinajstić information content (AvgIpc) is 2.24. The quantitative estimate of drug-likeness (QED) is 0.866. The molecule has 98 valence electrons. The minimum absolute atomic E-state index is 0. The normalized spacial score (nSPS) is 15.6. The monoisotopic (exact) mass is 276 g/mol. The van der Waals surface area contributed by atoms with E-state index in [0.717, 1.165) is 13.1 Å². The highest BCUT2D eigenvalue weighted by molar-refractivity contribution is 5.85. The first-order valence-electron chi connectivity index (χ1n) is 5.80. The van der Waals surface area contributed by atoms with Crippen LogP contribution in [0, 0.1) is 13.8 Å². The van der Waals surface area contributed by atoms with E-state index in [1.165, 1.54) is 29.7 Å². The topological polar surface area (TPSA) is 24.1 Å². The van der Waals surface area contributed by atoms with Crippen molar-refractivity contribution in [2.24, 2.45) is 0 Å². The molecule has 0 atom stereocenters. The van der Waals surface area contributed by atoms with Crippen LogP contribution in [0.1, 0.15) is 24.0 Å². The predicted molar refractivity (Wildman–Crippen MR) is 79.9 cm³/mol. The lowest BCUT2D eigenvalue weighted by Gasteiger charge is -2.25. The van der Waals surface area contributed by atoms with Gasteiger partial charge in [-0.15, -0.1) is 24.8 Å². The van der Waals surface area contributed by atoms with Crippen LogP contribution >= 0.6 is 24.8 Å². The molecule has 0 aromatic heterocycles. The summed E-state index contributed by atoms with van der Waals surface area (Å²) in [5.74, 6) is 0. The molecule has 0 saturated carbocycles. The molecular weight excluding hydrogens is 255 g/mol. The van der Waals surface area contributed by atoms with E-state index >= 15 is 0 Å². The second-order valence-electron chi connectivity index (χ2n) is 4.49. The maximum Gasteiger partial charge on any atom is 0.0372 e. The van der Waals surface area contributed by atoms with Crippen LogP contribution in [0.3, 0.4) is 0 Å². The van der Waals surface area contributed by atoms with E-state index in [9.17, 15) is 0 Å². The third-order valence-electron chi connectivity index (χ3n) is 3.08. The molecule has 0 spiro atoms. The Morgan fingerprint density at radius 2 is 1.76 bits per heavy atom. The summed E-state index contributed by atoms with van der Waals surface area (Å²) in [7, 11) is 0. The maximum absolute atomic E-state index is 3.64. The van der Waals surface area contributed by atoms with Crippen LogP contribution in [0.5, 0.6) is 0 Å². The van der Waals surface area contributed by atoms with Gasteiger partial charge in [-0.2, -0.15) is 0 Å². The van der Waals surface area contributed by atoms with E-state index in [-0.39, 0.29) is 24.8 Å². The zero-order valence-electron chi connectivity index (χ0n) is 10.5. The molecule has 1 aromatic rings. The predicted octanol–water partition coefficient (Wildman–Crippen LogP) is 3.31. The zero-order chi connectivity index (χ0) is 10.7. The van der Waals surface area contributed by atoms with Gasteiger partial charge in [0.1, 0.15) is 0 Å². The van der Waals surface area contributed by atoms with E-state index in [2.05, 4.69) is 42.7 Å².